The van der Waals surface area contributed by atoms with Gasteiger partial charge in [-0.3, -0.25) is 9.59 Å². The van der Waals surface area contributed by atoms with Crippen LogP contribution in [-0.2, 0) is 16.1 Å². The minimum atomic E-state index is -0.311. The Balaban J connectivity index is 1.49. The van der Waals surface area contributed by atoms with Crippen LogP contribution in [0, 0.1) is 6.92 Å². The van der Waals surface area contributed by atoms with E-state index in [0.29, 0.717) is 28.6 Å². The number of benzene rings is 2. The Hall–Kier alpha value is -3.95. The number of carbonyl (C=O) groups excluding carboxylic acids is 2. The number of carbonyl (C=O) groups is 2. The zero-order valence-electron chi connectivity index (χ0n) is 20.9. The first-order valence-electron chi connectivity index (χ1n) is 12.1. The molecule has 2 amide bonds. The van der Waals surface area contributed by atoms with Gasteiger partial charge in [-0.25, -0.2) is 0 Å². The van der Waals surface area contributed by atoms with Crippen LogP contribution in [0.1, 0.15) is 37.7 Å². The molecule has 10 heteroatoms. The largest absolute Gasteiger partial charge is 0.493 e. The summed E-state index contributed by atoms with van der Waals surface area (Å²) in [6, 6.07) is 13.0. The van der Waals surface area contributed by atoms with Crippen LogP contribution in [0.3, 0.4) is 0 Å². The predicted octanol–water partition coefficient (Wildman–Crippen LogP) is 3.15. The Kier molecular flexibility index (Phi) is 8.14. The second kappa shape index (κ2) is 11.7. The molecule has 4 rings (SSSR count). The molecule has 36 heavy (non-hydrogen) atoms. The van der Waals surface area contributed by atoms with E-state index < -0.39 is 0 Å². The number of aromatic nitrogens is 4. The first-order valence-corrected chi connectivity index (χ1v) is 12.1. The van der Waals surface area contributed by atoms with Crippen molar-refractivity contribution in [3.8, 4) is 22.9 Å². The van der Waals surface area contributed by atoms with Crippen LogP contribution in [0.2, 0.25) is 0 Å². The predicted molar refractivity (Wildman–Crippen MR) is 135 cm³/mol. The van der Waals surface area contributed by atoms with E-state index in [4.69, 9.17) is 9.47 Å². The summed E-state index contributed by atoms with van der Waals surface area (Å²) in [7, 11) is 3.11. The third-order valence-corrected chi connectivity index (χ3v) is 6.29. The number of tetrazole rings is 1. The second-order valence-electron chi connectivity index (χ2n) is 8.93. The van der Waals surface area contributed by atoms with Crippen molar-refractivity contribution in [3.63, 3.8) is 0 Å². The molecule has 0 spiro atoms. The number of ether oxygens (including phenoxy) is 2. The van der Waals surface area contributed by atoms with Crippen molar-refractivity contribution < 1.29 is 19.1 Å². The summed E-state index contributed by atoms with van der Waals surface area (Å²) in [6.07, 6.45) is 5.40. The third kappa shape index (κ3) is 6.18. The van der Waals surface area contributed by atoms with Gasteiger partial charge in [-0.05, 0) is 55.3 Å². The molecule has 0 unspecified atom stereocenters. The molecular formula is C26H32N6O4. The fraction of sp³-hybridized carbons (Fsp3) is 0.423. The first-order chi connectivity index (χ1) is 17.5. The van der Waals surface area contributed by atoms with Crippen molar-refractivity contribution in [1.82, 2.24) is 25.5 Å². The Morgan fingerprint density at radius 2 is 1.75 bits per heavy atom. The van der Waals surface area contributed by atoms with Crippen molar-refractivity contribution in [2.24, 2.45) is 0 Å². The third-order valence-electron chi connectivity index (χ3n) is 6.29. The average Bonchev–Trinajstić information content (AvgIpc) is 3.36. The fourth-order valence-electron chi connectivity index (χ4n) is 4.32. The van der Waals surface area contributed by atoms with Crippen molar-refractivity contribution >= 4 is 17.5 Å². The van der Waals surface area contributed by atoms with Crippen LogP contribution in [-0.4, -0.2) is 58.8 Å². The maximum atomic E-state index is 13.3. The van der Waals surface area contributed by atoms with E-state index in [1.165, 1.54) is 16.1 Å². The van der Waals surface area contributed by atoms with Crippen LogP contribution in [0.4, 0.5) is 5.69 Å². The molecule has 3 aromatic rings. The molecule has 1 heterocycles. The topological polar surface area (TPSA) is 111 Å². The molecule has 1 saturated carbocycles. The van der Waals surface area contributed by atoms with Gasteiger partial charge in [0.15, 0.2) is 11.5 Å². The Morgan fingerprint density at radius 1 is 1.03 bits per heavy atom. The van der Waals surface area contributed by atoms with Crippen LogP contribution in [0.25, 0.3) is 11.4 Å². The van der Waals surface area contributed by atoms with Crippen LogP contribution < -0.4 is 19.7 Å². The van der Waals surface area contributed by atoms with Gasteiger partial charge in [0.05, 0.1) is 14.2 Å². The van der Waals surface area contributed by atoms with Crippen molar-refractivity contribution in [2.45, 2.75) is 51.6 Å². The summed E-state index contributed by atoms with van der Waals surface area (Å²) in [5, 5.41) is 15.6. The fourth-order valence-corrected chi connectivity index (χ4v) is 4.32. The van der Waals surface area contributed by atoms with Gasteiger partial charge in [0.1, 0.15) is 13.1 Å². The maximum absolute atomic E-state index is 13.3. The van der Waals surface area contributed by atoms with Crippen LogP contribution >= 0.6 is 0 Å². The van der Waals surface area contributed by atoms with E-state index >= 15 is 0 Å². The lowest BCUT2D eigenvalue weighted by Crippen LogP contribution is -2.46. The molecular weight excluding hydrogens is 460 g/mol. The standard InChI is InChI=1S/C26H32N6O4/c1-18-9-12-21(13-10-18)31(16-24(33)27-20-7-5-4-6-8-20)25(34)17-32-29-26(28-30-32)19-11-14-22(35-2)23(15-19)36-3/h9-15,20H,4-8,16-17H2,1-3H3,(H,27,33). The van der Waals surface area contributed by atoms with Gasteiger partial charge < -0.3 is 19.7 Å². The quantitative estimate of drug-likeness (QED) is 0.488. The summed E-state index contributed by atoms with van der Waals surface area (Å²) in [5.74, 6) is 0.990. The highest BCUT2D eigenvalue weighted by Gasteiger charge is 2.23. The molecule has 0 bridgehead atoms. The lowest BCUT2D eigenvalue weighted by atomic mass is 9.95. The zero-order valence-corrected chi connectivity index (χ0v) is 20.9. The molecule has 2 aromatic carbocycles. The molecule has 1 fully saturated rings. The molecule has 1 aliphatic carbocycles. The maximum Gasteiger partial charge on any atom is 0.251 e. The normalized spacial score (nSPS) is 13.8. The number of nitrogens with one attached hydrogen (secondary N) is 1. The van der Waals surface area contributed by atoms with E-state index in [2.05, 4.69) is 20.7 Å². The van der Waals surface area contributed by atoms with E-state index in [-0.39, 0.29) is 30.9 Å². The summed E-state index contributed by atoms with van der Waals surface area (Å²) in [5.41, 5.74) is 2.38. The highest BCUT2D eigenvalue weighted by Crippen LogP contribution is 2.30. The smallest absolute Gasteiger partial charge is 0.251 e. The minimum Gasteiger partial charge on any atom is -0.493 e. The van der Waals surface area contributed by atoms with Gasteiger partial charge in [0, 0.05) is 17.3 Å². The lowest BCUT2D eigenvalue weighted by Gasteiger charge is -2.26. The highest BCUT2D eigenvalue weighted by molar-refractivity contribution is 5.98. The SMILES string of the molecule is COc1ccc(-c2nnn(CC(=O)N(CC(=O)NC3CCCCC3)c3ccc(C)cc3)n2)cc1OC. The molecule has 1 aliphatic rings. The molecule has 10 nitrogen and oxygen atoms in total. The number of rotatable bonds is 9. The number of hydrogen-bond donors (Lipinski definition) is 1. The molecule has 1 N–H and O–H groups in total. The van der Waals surface area contributed by atoms with Crippen molar-refractivity contribution in [2.75, 3.05) is 25.7 Å². The summed E-state index contributed by atoms with van der Waals surface area (Å²) >= 11 is 0. The Labute approximate surface area is 210 Å². The van der Waals surface area contributed by atoms with E-state index in [1.807, 2.05) is 31.2 Å². The summed E-state index contributed by atoms with van der Waals surface area (Å²) in [6.45, 7) is 1.74. The molecule has 0 radical (unpaired) electrons. The molecule has 0 saturated heterocycles. The number of anilines is 1. The van der Waals surface area contributed by atoms with Crippen LogP contribution in [0.15, 0.2) is 42.5 Å². The van der Waals surface area contributed by atoms with E-state index in [1.54, 1.807) is 32.4 Å². The number of nitrogens with zero attached hydrogens (tertiary/aromatic N) is 5. The van der Waals surface area contributed by atoms with Crippen molar-refractivity contribution in [3.05, 3.63) is 48.0 Å². The number of aryl methyl sites for hydroxylation is 1. The van der Waals surface area contributed by atoms with Crippen LogP contribution in [0.5, 0.6) is 11.5 Å². The van der Waals surface area contributed by atoms with Gasteiger partial charge in [0.25, 0.3) is 5.91 Å². The minimum absolute atomic E-state index is 0.0738. The first kappa shape index (κ1) is 25.2. The van der Waals surface area contributed by atoms with Gasteiger partial charge in [-0.1, -0.05) is 37.0 Å². The van der Waals surface area contributed by atoms with E-state index in [9.17, 15) is 9.59 Å². The molecule has 1 aromatic heterocycles. The van der Waals surface area contributed by atoms with Gasteiger partial charge in [-0.2, -0.15) is 4.80 Å². The van der Waals surface area contributed by atoms with Gasteiger partial charge in [0.2, 0.25) is 11.7 Å². The Bertz CT molecular complexity index is 1190. The number of hydrogen-bond acceptors (Lipinski definition) is 7. The molecule has 0 aliphatic heterocycles. The number of amides is 2. The zero-order chi connectivity index (χ0) is 25.5. The summed E-state index contributed by atoms with van der Waals surface area (Å²) in [4.78, 5) is 28.9. The van der Waals surface area contributed by atoms with Gasteiger partial charge >= 0.3 is 0 Å². The summed E-state index contributed by atoms with van der Waals surface area (Å²) < 4.78 is 10.6. The number of methoxy groups -OCH3 is 2. The highest BCUT2D eigenvalue weighted by atomic mass is 16.5. The van der Waals surface area contributed by atoms with Crippen molar-refractivity contribution in [1.29, 1.82) is 0 Å². The lowest BCUT2D eigenvalue weighted by molar-refractivity contribution is -0.124. The Morgan fingerprint density at radius 3 is 2.44 bits per heavy atom. The average molecular weight is 493 g/mol. The second-order valence-corrected chi connectivity index (χ2v) is 8.93. The molecule has 0 atom stereocenters. The van der Waals surface area contributed by atoms with Gasteiger partial charge in [-0.15, -0.1) is 10.2 Å². The molecule has 190 valence electrons. The van der Waals surface area contributed by atoms with E-state index in [0.717, 1.165) is 31.2 Å². The monoisotopic (exact) mass is 492 g/mol.